The third-order valence-electron chi connectivity index (χ3n) is 1.61. The Morgan fingerprint density at radius 2 is 1.83 bits per heavy atom. The number of rotatable bonds is 1. The van der Waals surface area contributed by atoms with Crippen LogP contribution in [0.25, 0.3) is 0 Å². The van der Waals surface area contributed by atoms with Crippen LogP contribution in [-0.4, -0.2) is 16.2 Å². The summed E-state index contributed by atoms with van der Waals surface area (Å²) in [5, 5.41) is 0.975. The van der Waals surface area contributed by atoms with E-state index in [1.54, 1.807) is 11.8 Å². The Morgan fingerprint density at radius 1 is 1.17 bits per heavy atom. The molecule has 12 heavy (non-hydrogen) atoms. The molecular weight excluding hydrogens is 168 g/mol. The van der Waals surface area contributed by atoms with Crippen LogP contribution in [0, 0.1) is 0 Å². The van der Waals surface area contributed by atoms with Gasteiger partial charge in [-0.25, -0.2) is 4.98 Å². The van der Waals surface area contributed by atoms with Crippen LogP contribution in [0.15, 0.2) is 17.4 Å². The third kappa shape index (κ3) is 2.21. The highest BCUT2D eigenvalue weighted by Crippen LogP contribution is 2.19. The summed E-state index contributed by atoms with van der Waals surface area (Å²) in [7, 11) is 0. The smallest absolute Gasteiger partial charge is 0.114 e. The van der Waals surface area contributed by atoms with E-state index in [4.69, 9.17) is 0 Å². The van der Waals surface area contributed by atoms with Crippen LogP contribution >= 0.6 is 11.8 Å². The quantitative estimate of drug-likeness (QED) is 0.624. The number of hydrogen-bond acceptors (Lipinski definition) is 3. The van der Waals surface area contributed by atoms with Gasteiger partial charge in [-0.15, -0.1) is 11.8 Å². The van der Waals surface area contributed by atoms with Crippen molar-refractivity contribution >= 4 is 11.8 Å². The van der Waals surface area contributed by atoms with Crippen LogP contribution in [-0.2, 0) is 5.41 Å². The highest BCUT2D eigenvalue weighted by Gasteiger charge is 2.15. The highest BCUT2D eigenvalue weighted by atomic mass is 32.2. The lowest BCUT2D eigenvalue weighted by atomic mass is 9.93. The molecule has 0 amide bonds. The molecule has 0 aliphatic rings. The topological polar surface area (TPSA) is 25.8 Å². The van der Waals surface area contributed by atoms with Gasteiger partial charge in [-0.2, -0.15) is 0 Å². The first kappa shape index (κ1) is 9.52. The van der Waals surface area contributed by atoms with Gasteiger partial charge in [0.1, 0.15) is 5.03 Å². The van der Waals surface area contributed by atoms with Crippen molar-refractivity contribution in [1.29, 1.82) is 0 Å². The molecule has 2 nitrogen and oxygen atoms in total. The van der Waals surface area contributed by atoms with Crippen LogP contribution in [0.1, 0.15) is 26.5 Å². The lowest BCUT2D eigenvalue weighted by Gasteiger charge is -2.16. The Bertz CT molecular complexity index is 248. The molecule has 0 radical (unpaired) electrons. The van der Waals surface area contributed by atoms with E-state index in [9.17, 15) is 0 Å². The van der Waals surface area contributed by atoms with Gasteiger partial charge in [-0.1, -0.05) is 20.8 Å². The molecule has 0 aromatic carbocycles. The van der Waals surface area contributed by atoms with Crippen molar-refractivity contribution in [3.63, 3.8) is 0 Å². The maximum absolute atomic E-state index is 4.34. The Kier molecular flexibility index (Phi) is 2.73. The summed E-state index contributed by atoms with van der Waals surface area (Å²) in [6.07, 6.45) is 5.68. The number of nitrogens with zero attached hydrogens (tertiary/aromatic N) is 2. The first-order valence-corrected chi connectivity index (χ1v) is 5.13. The molecule has 1 aromatic heterocycles. The van der Waals surface area contributed by atoms with Gasteiger partial charge in [0, 0.05) is 5.41 Å². The number of hydrogen-bond donors (Lipinski definition) is 0. The second-order valence-electron chi connectivity index (χ2n) is 3.69. The van der Waals surface area contributed by atoms with Crippen LogP contribution < -0.4 is 0 Å². The SMILES string of the molecule is CSc1cnc(C(C)(C)C)cn1. The predicted molar refractivity (Wildman–Crippen MR) is 52.5 cm³/mol. The fourth-order valence-electron chi connectivity index (χ4n) is 0.809. The largest absolute Gasteiger partial charge is 0.256 e. The van der Waals surface area contributed by atoms with Crippen LogP contribution in [0.2, 0.25) is 0 Å². The molecule has 0 fully saturated rings. The monoisotopic (exact) mass is 182 g/mol. The minimum atomic E-state index is 0.101. The lowest BCUT2D eigenvalue weighted by Crippen LogP contribution is -2.13. The van der Waals surface area contributed by atoms with Gasteiger partial charge < -0.3 is 0 Å². The third-order valence-corrected chi connectivity index (χ3v) is 2.23. The van der Waals surface area contributed by atoms with Gasteiger partial charge in [-0.05, 0) is 6.26 Å². The molecule has 0 N–H and O–H groups in total. The zero-order valence-electron chi connectivity index (χ0n) is 7.96. The van der Waals surface area contributed by atoms with Gasteiger partial charge in [0.25, 0.3) is 0 Å². The fourth-order valence-corrected chi connectivity index (χ4v) is 1.13. The summed E-state index contributed by atoms with van der Waals surface area (Å²) in [4.78, 5) is 8.60. The molecule has 1 rings (SSSR count). The van der Waals surface area contributed by atoms with Crippen molar-refractivity contribution in [2.24, 2.45) is 0 Å². The van der Waals surface area contributed by atoms with E-state index in [0.29, 0.717) is 0 Å². The molecule has 0 unspecified atom stereocenters. The lowest BCUT2D eigenvalue weighted by molar-refractivity contribution is 0.563. The van der Waals surface area contributed by atoms with Crippen LogP contribution in [0.4, 0.5) is 0 Å². The first-order valence-electron chi connectivity index (χ1n) is 3.90. The Hall–Kier alpha value is -0.570. The van der Waals surface area contributed by atoms with E-state index in [1.165, 1.54) is 0 Å². The van der Waals surface area contributed by atoms with E-state index >= 15 is 0 Å². The molecule has 66 valence electrons. The summed E-state index contributed by atoms with van der Waals surface area (Å²) < 4.78 is 0. The molecule has 0 atom stereocenters. The van der Waals surface area contributed by atoms with Crippen molar-refractivity contribution in [1.82, 2.24) is 9.97 Å². The van der Waals surface area contributed by atoms with Crippen LogP contribution in [0.3, 0.4) is 0 Å². The van der Waals surface area contributed by atoms with E-state index < -0.39 is 0 Å². The second kappa shape index (κ2) is 3.44. The molecule has 0 saturated heterocycles. The van der Waals surface area contributed by atoms with Crippen LogP contribution in [0.5, 0.6) is 0 Å². The average Bonchev–Trinajstić information content (AvgIpc) is 2.03. The minimum Gasteiger partial charge on any atom is -0.256 e. The Balaban J connectivity index is 2.93. The minimum absolute atomic E-state index is 0.101. The Morgan fingerprint density at radius 3 is 2.17 bits per heavy atom. The summed E-state index contributed by atoms with van der Waals surface area (Å²) in [6, 6.07) is 0. The standard InChI is InChI=1S/C9H14N2S/c1-9(2,3)7-5-11-8(12-4)6-10-7/h5-6H,1-4H3. The average molecular weight is 182 g/mol. The fraction of sp³-hybridized carbons (Fsp3) is 0.556. The predicted octanol–water partition coefficient (Wildman–Crippen LogP) is 2.50. The van der Waals surface area contributed by atoms with Crippen molar-refractivity contribution in [2.45, 2.75) is 31.2 Å². The molecule has 1 heterocycles. The number of aromatic nitrogens is 2. The van der Waals surface area contributed by atoms with Crippen molar-refractivity contribution in [2.75, 3.05) is 6.26 Å². The van der Waals surface area contributed by atoms with E-state index in [-0.39, 0.29) is 5.41 Å². The second-order valence-corrected chi connectivity index (χ2v) is 4.52. The summed E-state index contributed by atoms with van der Waals surface area (Å²) in [5.41, 5.74) is 1.14. The normalized spacial score (nSPS) is 11.7. The van der Waals surface area contributed by atoms with Gasteiger partial charge in [0.2, 0.25) is 0 Å². The van der Waals surface area contributed by atoms with Crippen molar-refractivity contribution in [3.05, 3.63) is 18.1 Å². The maximum atomic E-state index is 4.34. The van der Waals surface area contributed by atoms with Crippen molar-refractivity contribution in [3.8, 4) is 0 Å². The molecule has 0 spiro atoms. The molecule has 0 bridgehead atoms. The van der Waals surface area contributed by atoms with E-state index in [1.807, 2.05) is 18.6 Å². The molecular formula is C9H14N2S. The molecule has 0 saturated carbocycles. The molecule has 3 heteroatoms. The summed E-state index contributed by atoms with van der Waals surface area (Å²) in [5.74, 6) is 0. The number of thioether (sulfide) groups is 1. The van der Waals surface area contributed by atoms with Gasteiger partial charge in [-0.3, -0.25) is 4.98 Å². The first-order chi connectivity index (χ1) is 5.54. The van der Waals surface area contributed by atoms with Gasteiger partial charge >= 0.3 is 0 Å². The molecule has 0 aliphatic carbocycles. The van der Waals surface area contributed by atoms with Crippen molar-refractivity contribution < 1.29 is 0 Å². The zero-order valence-corrected chi connectivity index (χ0v) is 8.77. The highest BCUT2D eigenvalue weighted by molar-refractivity contribution is 7.98. The zero-order chi connectivity index (χ0) is 9.19. The van der Waals surface area contributed by atoms with Gasteiger partial charge in [0.05, 0.1) is 18.1 Å². The van der Waals surface area contributed by atoms with Gasteiger partial charge in [0.15, 0.2) is 0 Å². The summed E-state index contributed by atoms with van der Waals surface area (Å²) in [6.45, 7) is 6.40. The van der Waals surface area contributed by atoms with E-state index in [0.717, 1.165) is 10.7 Å². The molecule has 0 aliphatic heterocycles. The molecule has 1 aromatic rings. The Labute approximate surface area is 77.8 Å². The summed E-state index contributed by atoms with van der Waals surface area (Å²) >= 11 is 1.61. The van der Waals surface area contributed by atoms with E-state index in [2.05, 4.69) is 30.7 Å². The maximum Gasteiger partial charge on any atom is 0.114 e.